The minimum atomic E-state index is -4.31. The number of hydrogen-bond acceptors (Lipinski definition) is 6. The molecule has 0 amide bonds. The van der Waals surface area contributed by atoms with Crippen LogP contribution in [0.25, 0.3) is 0 Å². The Kier molecular flexibility index (Phi) is 13.7. The van der Waals surface area contributed by atoms with Gasteiger partial charge in [-0.3, -0.25) is 4.18 Å². The summed E-state index contributed by atoms with van der Waals surface area (Å²) in [5.41, 5.74) is 2.69. The highest BCUT2D eigenvalue weighted by molar-refractivity contribution is 7.85. The highest BCUT2D eigenvalue weighted by Gasteiger charge is 2.42. The van der Waals surface area contributed by atoms with Gasteiger partial charge < -0.3 is 14.5 Å². The van der Waals surface area contributed by atoms with Gasteiger partial charge in [-0.25, -0.2) is 0 Å². The molecule has 54 heavy (non-hydrogen) atoms. The van der Waals surface area contributed by atoms with E-state index in [0.717, 1.165) is 93.4 Å². The molecule has 0 spiro atoms. The normalized spacial score (nSPS) is 21.0. The highest BCUT2D eigenvalue weighted by Crippen LogP contribution is 2.46. The summed E-state index contributed by atoms with van der Waals surface area (Å²) in [6, 6.07) is 21.6. The molecule has 2 aliphatic carbocycles. The summed E-state index contributed by atoms with van der Waals surface area (Å²) in [4.78, 5) is 5.09. The van der Waals surface area contributed by atoms with Crippen LogP contribution in [0.4, 0.5) is 13.2 Å². The largest absolute Gasteiger partial charge is 0.493 e. The molecule has 0 aromatic heterocycles. The number of alkyl halides is 3. The van der Waals surface area contributed by atoms with Crippen molar-refractivity contribution in [1.82, 2.24) is 9.80 Å². The Labute approximate surface area is 329 Å². The van der Waals surface area contributed by atoms with Gasteiger partial charge in [0.1, 0.15) is 5.75 Å². The maximum absolute atomic E-state index is 12.7. The van der Waals surface area contributed by atoms with Crippen LogP contribution in [0.5, 0.6) is 5.75 Å². The second-order valence-corrected chi connectivity index (χ2v) is 18.6. The topological polar surface area (TPSA) is 59.1 Å². The molecule has 6 nitrogen and oxygen atoms in total. The lowest BCUT2D eigenvalue weighted by Gasteiger charge is -2.47. The van der Waals surface area contributed by atoms with Gasteiger partial charge in [0.15, 0.2) is 0 Å². The Bertz CT molecular complexity index is 1730. The fourth-order valence-electron chi connectivity index (χ4n) is 8.54. The molecular formula is C42H53Cl2F3N2O4S. The number of hydrogen-bond donors (Lipinski definition) is 0. The molecule has 4 aliphatic rings. The van der Waals surface area contributed by atoms with E-state index in [0.29, 0.717) is 30.8 Å². The van der Waals surface area contributed by atoms with Crippen LogP contribution in [-0.4, -0.2) is 77.0 Å². The van der Waals surface area contributed by atoms with Crippen LogP contribution in [0.15, 0.2) is 72.8 Å². The van der Waals surface area contributed by atoms with Gasteiger partial charge in [-0.15, -0.1) is 0 Å². The summed E-state index contributed by atoms with van der Waals surface area (Å²) in [7, 11) is -3.32. The van der Waals surface area contributed by atoms with Gasteiger partial charge in [0.25, 0.3) is 10.1 Å². The molecule has 4 fully saturated rings. The Morgan fingerprint density at radius 1 is 0.667 bits per heavy atom. The second kappa shape index (κ2) is 17.9. The molecule has 2 saturated heterocycles. The lowest BCUT2D eigenvalue weighted by atomic mass is 9.64. The number of halogens is 5. The molecule has 3 aromatic carbocycles. The molecule has 0 bridgehead atoms. The van der Waals surface area contributed by atoms with Gasteiger partial charge >= 0.3 is 6.18 Å². The van der Waals surface area contributed by atoms with Crippen molar-refractivity contribution in [3.8, 4) is 5.75 Å². The van der Waals surface area contributed by atoms with E-state index in [1.807, 2.05) is 24.3 Å². The zero-order valence-corrected chi connectivity index (χ0v) is 33.5. The van der Waals surface area contributed by atoms with Gasteiger partial charge in [0.05, 0.1) is 25.0 Å². The van der Waals surface area contributed by atoms with E-state index in [4.69, 9.17) is 32.1 Å². The molecule has 0 atom stereocenters. The molecule has 2 heterocycles. The molecule has 3 aromatic rings. The first-order valence-electron chi connectivity index (χ1n) is 19.3. The Hall–Kier alpha value is -2.34. The average Bonchev–Trinajstić information content (AvgIpc) is 3.11. The van der Waals surface area contributed by atoms with Crippen molar-refractivity contribution in [3.63, 3.8) is 0 Å². The molecule has 0 unspecified atom stereocenters. The monoisotopic (exact) mass is 808 g/mol. The van der Waals surface area contributed by atoms with E-state index >= 15 is 0 Å². The van der Waals surface area contributed by atoms with Gasteiger partial charge in [0, 0.05) is 34.0 Å². The fourth-order valence-corrected chi connectivity index (χ4v) is 9.23. The minimum absolute atomic E-state index is 0.258. The van der Waals surface area contributed by atoms with E-state index in [2.05, 4.69) is 34.1 Å². The lowest BCUT2D eigenvalue weighted by molar-refractivity contribution is -0.137. The fraction of sp³-hybridized carbons (Fsp3) is 0.571. The second-order valence-electron chi connectivity index (χ2n) is 16.0. The first-order valence-corrected chi connectivity index (χ1v) is 21.9. The average molecular weight is 810 g/mol. The Balaban J connectivity index is 0.000000189. The Morgan fingerprint density at radius 3 is 1.43 bits per heavy atom. The van der Waals surface area contributed by atoms with E-state index < -0.39 is 21.9 Å². The SMILES string of the molecule is CS(=O)(=O)OCC1CCN(CC2(c3ccc(Cl)cc3)CCC2)CC1.FC(F)(F)c1ccc(OCC2CCN(CC3(c4ccc(Cl)cc4)CCC3)CC2)cc1. The number of likely N-dealkylation sites (tertiary alicyclic amines) is 2. The van der Waals surface area contributed by atoms with E-state index in [-0.39, 0.29) is 10.8 Å². The van der Waals surface area contributed by atoms with E-state index in [1.165, 1.54) is 61.8 Å². The van der Waals surface area contributed by atoms with Gasteiger partial charge in [0.2, 0.25) is 0 Å². The maximum atomic E-state index is 12.7. The van der Waals surface area contributed by atoms with Crippen LogP contribution >= 0.6 is 23.2 Å². The first-order chi connectivity index (χ1) is 25.7. The number of piperidine rings is 2. The Morgan fingerprint density at radius 2 is 1.07 bits per heavy atom. The zero-order chi connectivity index (χ0) is 38.4. The van der Waals surface area contributed by atoms with E-state index in [9.17, 15) is 21.6 Å². The summed E-state index contributed by atoms with van der Waals surface area (Å²) in [6.07, 6.45) is 8.44. The lowest BCUT2D eigenvalue weighted by Crippen LogP contribution is -2.48. The molecule has 2 aliphatic heterocycles. The van der Waals surface area contributed by atoms with Crippen molar-refractivity contribution < 1.29 is 30.5 Å². The predicted molar refractivity (Wildman–Crippen MR) is 210 cm³/mol. The van der Waals surface area contributed by atoms with Crippen LogP contribution in [0.3, 0.4) is 0 Å². The number of benzene rings is 3. The standard InChI is InChI=1S/C24H27ClF3NO.C18H26ClNO3S/c25-21-6-2-19(3-7-21)23(12-1-13-23)17-29-14-10-18(11-15-29)16-30-22-8-4-20(5-9-22)24(26,27)28;1-24(21,22)23-13-15-7-11-20(12-8-15)14-18(9-2-10-18)16-3-5-17(19)6-4-16/h2-9,18H,1,10-17H2;3-6,15H,2,7-14H2,1H3. The van der Waals surface area contributed by atoms with Gasteiger partial charge in [-0.05, 0) is 149 Å². The smallest absolute Gasteiger partial charge is 0.416 e. The summed E-state index contributed by atoms with van der Waals surface area (Å²) >= 11 is 12.1. The molecule has 12 heteroatoms. The molecule has 7 rings (SSSR count). The van der Waals surface area contributed by atoms with Crippen molar-refractivity contribution in [2.24, 2.45) is 11.8 Å². The third-order valence-corrected chi connectivity index (χ3v) is 13.3. The third kappa shape index (κ3) is 11.2. The molecule has 0 N–H and O–H groups in total. The van der Waals surface area contributed by atoms with Crippen molar-refractivity contribution in [2.75, 3.05) is 58.7 Å². The number of rotatable bonds is 12. The summed E-state index contributed by atoms with van der Waals surface area (Å²) in [5.74, 6) is 1.29. The summed E-state index contributed by atoms with van der Waals surface area (Å²) in [6.45, 7) is 7.18. The first kappa shape index (κ1) is 41.3. The quantitative estimate of drug-likeness (QED) is 0.170. The van der Waals surface area contributed by atoms with Crippen molar-refractivity contribution in [3.05, 3.63) is 99.5 Å². The summed E-state index contributed by atoms with van der Waals surface area (Å²) < 4.78 is 70.9. The van der Waals surface area contributed by atoms with Crippen LogP contribution in [-0.2, 0) is 31.3 Å². The molecule has 2 saturated carbocycles. The van der Waals surface area contributed by atoms with Crippen LogP contribution < -0.4 is 4.74 Å². The third-order valence-electron chi connectivity index (χ3n) is 12.2. The highest BCUT2D eigenvalue weighted by atomic mass is 35.5. The van der Waals surface area contributed by atoms with Crippen molar-refractivity contribution in [2.45, 2.75) is 81.2 Å². The van der Waals surface area contributed by atoms with Crippen LogP contribution in [0.1, 0.15) is 80.9 Å². The van der Waals surface area contributed by atoms with Crippen molar-refractivity contribution >= 4 is 33.3 Å². The summed E-state index contributed by atoms with van der Waals surface area (Å²) in [5, 5.41) is 1.57. The number of ether oxygens (including phenoxy) is 1. The molecular weight excluding hydrogens is 756 g/mol. The minimum Gasteiger partial charge on any atom is -0.493 e. The zero-order valence-electron chi connectivity index (χ0n) is 31.1. The van der Waals surface area contributed by atoms with Gasteiger partial charge in [-0.1, -0.05) is 60.3 Å². The van der Waals surface area contributed by atoms with Crippen molar-refractivity contribution in [1.29, 1.82) is 0 Å². The molecule has 296 valence electrons. The number of nitrogens with zero attached hydrogens (tertiary/aromatic N) is 2. The van der Waals surface area contributed by atoms with E-state index in [1.54, 1.807) is 0 Å². The van der Waals surface area contributed by atoms with Gasteiger partial charge in [-0.2, -0.15) is 21.6 Å². The van der Waals surface area contributed by atoms with Crippen LogP contribution in [0, 0.1) is 11.8 Å². The maximum Gasteiger partial charge on any atom is 0.416 e. The predicted octanol–water partition coefficient (Wildman–Crippen LogP) is 10.0. The molecule has 0 radical (unpaired) electrons. The van der Waals surface area contributed by atoms with Crippen LogP contribution in [0.2, 0.25) is 10.0 Å².